The molecular weight excluding hydrogens is 443 g/mol. The number of hydrogen-bond acceptors (Lipinski definition) is 5. The average Bonchev–Trinajstić information content (AvgIpc) is 2.52. The Labute approximate surface area is 160 Å². The zero-order chi connectivity index (χ0) is 17.1. The number of guanidine groups is 1. The fraction of sp³-hybridized carbons (Fsp3) is 0.600. The summed E-state index contributed by atoms with van der Waals surface area (Å²) >= 11 is 0. The molecule has 0 aliphatic carbocycles. The van der Waals surface area contributed by atoms with Crippen LogP contribution in [0.1, 0.15) is 19.4 Å². The van der Waals surface area contributed by atoms with Gasteiger partial charge in [0.15, 0.2) is 15.8 Å². The normalized spacial score (nSPS) is 19.3. The number of halogens is 1. The molecule has 1 fully saturated rings. The molecule has 0 bridgehead atoms. The minimum absolute atomic E-state index is 0. The summed E-state index contributed by atoms with van der Waals surface area (Å²) in [5, 5.41) is 3.26. The number of nitrogens with one attached hydrogen (secondary N) is 1. The second kappa shape index (κ2) is 8.32. The first-order valence-electron chi connectivity index (χ1n) is 7.46. The summed E-state index contributed by atoms with van der Waals surface area (Å²) in [6.07, 6.45) is 1.74. The minimum Gasteiger partial charge on any atom is -0.481 e. The van der Waals surface area contributed by atoms with E-state index in [1.165, 1.54) is 0 Å². The van der Waals surface area contributed by atoms with Gasteiger partial charge in [-0.25, -0.2) is 13.4 Å². The Kier molecular flexibility index (Phi) is 7.26. The third-order valence-corrected chi connectivity index (χ3v) is 6.55. The fourth-order valence-corrected chi connectivity index (χ4v) is 3.84. The Balaban J connectivity index is 0.00000288. The maximum absolute atomic E-state index is 12.1. The standard InChI is InChI=1S/C15H24N4O3S.HI/c1-15(2)11-19(7-8-23(15,20)21)14(16-3)18-10-12-5-6-13(22-4)17-9-12;/h5-6,9H,7-8,10-11H2,1-4H3,(H,16,18);1H. The van der Waals surface area contributed by atoms with Gasteiger partial charge < -0.3 is 15.0 Å². The number of aliphatic imine (C=N–C) groups is 1. The highest BCUT2D eigenvalue weighted by molar-refractivity contribution is 14.0. The molecule has 1 N–H and O–H groups in total. The van der Waals surface area contributed by atoms with Gasteiger partial charge in [-0.15, -0.1) is 24.0 Å². The van der Waals surface area contributed by atoms with Gasteiger partial charge in [0.05, 0.1) is 17.6 Å². The second-order valence-corrected chi connectivity index (χ2v) is 8.85. The lowest BCUT2D eigenvalue weighted by atomic mass is 10.2. The summed E-state index contributed by atoms with van der Waals surface area (Å²) in [4.78, 5) is 10.4. The van der Waals surface area contributed by atoms with Gasteiger partial charge in [0.1, 0.15) is 0 Å². The van der Waals surface area contributed by atoms with E-state index < -0.39 is 14.6 Å². The molecule has 1 aliphatic rings. The Morgan fingerprint density at radius 2 is 2.17 bits per heavy atom. The third-order valence-electron chi connectivity index (χ3n) is 4.01. The van der Waals surface area contributed by atoms with Gasteiger partial charge >= 0.3 is 0 Å². The van der Waals surface area contributed by atoms with Crippen LogP contribution in [0.15, 0.2) is 23.3 Å². The lowest BCUT2D eigenvalue weighted by molar-refractivity contribution is 0.353. The molecule has 24 heavy (non-hydrogen) atoms. The van der Waals surface area contributed by atoms with Crippen molar-refractivity contribution in [3.8, 4) is 5.88 Å². The Morgan fingerprint density at radius 3 is 2.67 bits per heavy atom. The van der Waals surface area contributed by atoms with Gasteiger partial charge in [-0.3, -0.25) is 4.99 Å². The van der Waals surface area contributed by atoms with Crippen LogP contribution in [0.5, 0.6) is 5.88 Å². The van der Waals surface area contributed by atoms with E-state index in [1.54, 1.807) is 40.3 Å². The lowest BCUT2D eigenvalue weighted by Gasteiger charge is -2.39. The van der Waals surface area contributed by atoms with E-state index >= 15 is 0 Å². The first-order chi connectivity index (χ1) is 10.8. The number of hydrogen-bond donors (Lipinski definition) is 1. The van der Waals surface area contributed by atoms with Crippen LogP contribution in [0, 0.1) is 0 Å². The van der Waals surface area contributed by atoms with Crippen molar-refractivity contribution >= 4 is 39.8 Å². The molecule has 1 aromatic heterocycles. The van der Waals surface area contributed by atoms with Crippen LogP contribution in [0.2, 0.25) is 0 Å². The largest absolute Gasteiger partial charge is 0.481 e. The fourth-order valence-electron chi connectivity index (χ4n) is 2.47. The van der Waals surface area contributed by atoms with Crippen LogP contribution in [0.4, 0.5) is 0 Å². The van der Waals surface area contributed by atoms with Crippen molar-refractivity contribution in [3.63, 3.8) is 0 Å². The van der Waals surface area contributed by atoms with E-state index in [9.17, 15) is 8.42 Å². The van der Waals surface area contributed by atoms with E-state index in [2.05, 4.69) is 15.3 Å². The molecule has 0 atom stereocenters. The molecule has 0 saturated carbocycles. The molecule has 1 aliphatic heterocycles. The van der Waals surface area contributed by atoms with Gasteiger partial charge in [-0.2, -0.15) is 0 Å². The Hall–Kier alpha value is -1.10. The maximum atomic E-state index is 12.1. The zero-order valence-corrected chi connectivity index (χ0v) is 17.6. The second-order valence-electron chi connectivity index (χ2n) is 6.11. The summed E-state index contributed by atoms with van der Waals surface area (Å²) < 4.78 is 28.4. The van der Waals surface area contributed by atoms with Crippen molar-refractivity contribution in [1.29, 1.82) is 0 Å². The Bertz CT molecular complexity index is 674. The van der Waals surface area contributed by atoms with Crippen molar-refractivity contribution in [1.82, 2.24) is 15.2 Å². The van der Waals surface area contributed by atoms with Gasteiger partial charge in [-0.05, 0) is 19.4 Å². The number of methoxy groups -OCH3 is 1. The van der Waals surface area contributed by atoms with Crippen molar-refractivity contribution in [2.45, 2.75) is 25.1 Å². The highest BCUT2D eigenvalue weighted by Gasteiger charge is 2.40. The highest BCUT2D eigenvalue weighted by Crippen LogP contribution is 2.23. The number of pyridine rings is 1. The molecule has 7 nitrogen and oxygen atoms in total. The highest BCUT2D eigenvalue weighted by atomic mass is 127. The van der Waals surface area contributed by atoms with E-state index in [0.717, 1.165) is 5.56 Å². The van der Waals surface area contributed by atoms with Gasteiger partial charge in [-0.1, -0.05) is 6.07 Å². The molecule has 2 rings (SSSR count). The van der Waals surface area contributed by atoms with E-state index in [-0.39, 0.29) is 29.7 Å². The van der Waals surface area contributed by atoms with Crippen LogP contribution in [0.3, 0.4) is 0 Å². The summed E-state index contributed by atoms with van der Waals surface area (Å²) in [6, 6.07) is 3.73. The first kappa shape index (κ1) is 20.9. The number of ether oxygens (including phenoxy) is 1. The molecule has 1 aromatic rings. The SMILES string of the molecule is CN=C(NCc1ccc(OC)nc1)N1CCS(=O)(=O)C(C)(C)C1.I. The molecule has 0 radical (unpaired) electrons. The summed E-state index contributed by atoms with van der Waals surface area (Å²) in [7, 11) is 0.218. The molecular formula is C15H25IN4O3S. The maximum Gasteiger partial charge on any atom is 0.212 e. The minimum atomic E-state index is -3.06. The zero-order valence-electron chi connectivity index (χ0n) is 14.4. The van der Waals surface area contributed by atoms with Crippen molar-refractivity contribution in [3.05, 3.63) is 23.9 Å². The Morgan fingerprint density at radius 1 is 1.46 bits per heavy atom. The van der Waals surface area contributed by atoms with E-state index in [4.69, 9.17) is 4.74 Å². The predicted octanol–water partition coefficient (Wildman–Crippen LogP) is 1.29. The first-order valence-corrected chi connectivity index (χ1v) is 9.11. The molecule has 0 unspecified atom stereocenters. The van der Waals surface area contributed by atoms with Gasteiger partial charge in [0.2, 0.25) is 5.88 Å². The molecule has 2 heterocycles. The summed E-state index contributed by atoms with van der Waals surface area (Å²) in [5.74, 6) is 1.41. The molecule has 1 saturated heterocycles. The van der Waals surface area contributed by atoms with Gasteiger partial charge in [0, 0.05) is 38.9 Å². The molecule has 0 spiro atoms. The average molecular weight is 468 g/mol. The number of nitrogens with zero attached hydrogens (tertiary/aromatic N) is 3. The third kappa shape index (κ3) is 4.71. The topological polar surface area (TPSA) is 83.9 Å². The monoisotopic (exact) mass is 468 g/mol. The van der Waals surface area contributed by atoms with Crippen LogP contribution < -0.4 is 10.1 Å². The molecule has 0 amide bonds. The predicted molar refractivity (Wildman–Crippen MR) is 106 cm³/mol. The molecule has 9 heteroatoms. The number of aromatic nitrogens is 1. The van der Waals surface area contributed by atoms with E-state index in [1.807, 2.05) is 11.0 Å². The van der Waals surface area contributed by atoms with Crippen molar-refractivity contribution < 1.29 is 13.2 Å². The molecule has 136 valence electrons. The summed E-state index contributed by atoms with van der Waals surface area (Å²) in [6.45, 7) is 4.96. The smallest absolute Gasteiger partial charge is 0.212 e. The quantitative estimate of drug-likeness (QED) is 0.409. The van der Waals surface area contributed by atoms with Crippen LogP contribution in [0.25, 0.3) is 0 Å². The van der Waals surface area contributed by atoms with Crippen molar-refractivity contribution in [2.24, 2.45) is 4.99 Å². The lowest BCUT2D eigenvalue weighted by Crippen LogP contribution is -2.57. The van der Waals surface area contributed by atoms with Crippen LogP contribution in [-0.4, -0.2) is 62.0 Å². The number of sulfone groups is 1. The van der Waals surface area contributed by atoms with Crippen LogP contribution in [-0.2, 0) is 16.4 Å². The van der Waals surface area contributed by atoms with Crippen LogP contribution >= 0.6 is 24.0 Å². The number of rotatable bonds is 3. The van der Waals surface area contributed by atoms with Crippen molar-refractivity contribution in [2.75, 3.05) is 33.0 Å². The summed E-state index contributed by atoms with van der Waals surface area (Å²) in [5.41, 5.74) is 0.996. The van der Waals surface area contributed by atoms with E-state index in [0.29, 0.717) is 31.5 Å². The van der Waals surface area contributed by atoms with Gasteiger partial charge in [0.25, 0.3) is 0 Å². The molecule has 0 aromatic carbocycles.